The zero-order valence-corrected chi connectivity index (χ0v) is 26.2. The number of aliphatic imine (C=N–C) groups is 1. The number of halogens is 2. The number of carbonyl (C=O) groups excluding carboxylic acids is 1. The topological polar surface area (TPSA) is 83.4 Å². The maximum absolute atomic E-state index is 14.4. The largest absolute Gasteiger partial charge is 0.494 e. The smallest absolute Gasteiger partial charge is 0.252 e. The van der Waals surface area contributed by atoms with Crippen LogP contribution < -0.4 is 15.0 Å². The van der Waals surface area contributed by atoms with E-state index in [9.17, 15) is 4.79 Å². The van der Waals surface area contributed by atoms with Gasteiger partial charge in [-0.2, -0.15) is 0 Å². The molecule has 4 aromatic rings. The van der Waals surface area contributed by atoms with Crippen LogP contribution in [0.1, 0.15) is 34.8 Å². The average Bonchev–Trinajstić information content (AvgIpc) is 3.41. The molecule has 0 fully saturated rings. The Balaban J connectivity index is 1.54. The van der Waals surface area contributed by atoms with Crippen molar-refractivity contribution in [2.45, 2.75) is 31.0 Å². The number of hydrogen-bond acceptors (Lipinski definition) is 6. The Morgan fingerprint density at radius 1 is 0.977 bits per heavy atom. The number of benzene rings is 4. The first-order chi connectivity index (χ1) is 21.3. The molecule has 7 nitrogen and oxygen atoms in total. The van der Waals surface area contributed by atoms with Crippen LogP contribution in [0.3, 0.4) is 0 Å². The minimum atomic E-state index is -1.38. The van der Waals surface area contributed by atoms with E-state index in [4.69, 9.17) is 42.8 Å². The van der Waals surface area contributed by atoms with Gasteiger partial charge in [-0.25, -0.2) is 4.99 Å². The summed E-state index contributed by atoms with van der Waals surface area (Å²) in [4.78, 5) is 21.5. The molecule has 9 heteroatoms. The molecule has 1 heterocycles. The van der Waals surface area contributed by atoms with Gasteiger partial charge in [-0.05, 0) is 59.7 Å². The van der Waals surface area contributed by atoms with Crippen molar-refractivity contribution in [1.29, 1.82) is 0 Å². The molecule has 2 N–H and O–H groups in total. The van der Waals surface area contributed by atoms with E-state index in [0.29, 0.717) is 52.4 Å². The third-order valence-corrected chi connectivity index (χ3v) is 8.06. The predicted octanol–water partition coefficient (Wildman–Crippen LogP) is 6.64. The quantitative estimate of drug-likeness (QED) is 0.171. The van der Waals surface area contributed by atoms with Crippen molar-refractivity contribution in [3.05, 3.63) is 129 Å². The maximum Gasteiger partial charge on any atom is 0.252 e. The van der Waals surface area contributed by atoms with Gasteiger partial charge < -0.3 is 24.8 Å². The first kappa shape index (κ1) is 31.4. The minimum absolute atomic E-state index is 0.0599. The number of ether oxygens (including phenoxy) is 2. The summed E-state index contributed by atoms with van der Waals surface area (Å²) >= 11 is 13.0. The molecule has 1 aliphatic rings. The average molecular weight is 633 g/mol. The number of hydrogen-bond donors (Lipinski definition) is 2. The van der Waals surface area contributed by atoms with Gasteiger partial charge in [0, 0.05) is 66.9 Å². The molecule has 0 saturated carbocycles. The maximum atomic E-state index is 14.4. The number of anilines is 1. The Bertz CT molecular complexity index is 1600. The molecule has 0 spiro atoms. The fourth-order valence-corrected chi connectivity index (χ4v) is 5.64. The highest BCUT2D eigenvalue weighted by Gasteiger charge is 2.53. The van der Waals surface area contributed by atoms with E-state index in [1.807, 2.05) is 97.9 Å². The van der Waals surface area contributed by atoms with E-state index in [1.54, 1.807) is 18.2 Å². The fraction of sp³-hybridized carbons (Fsp3) is 0.257. The van der Waals surface area contributed by atoms with Gasteiger partial charge in [0.25, 0.3) is 5.91 Å². The van der Waals surface area contributed by atoms with Crippen molar-refractivity contribution in [2.75, 3.05) is 32.2 Å². The van der Waals surface area contributed by atoms with Gasteiger partial charge in [0.1, 0.15) is 5.75 Å². The summed E-state index contributed by atoms with van der Waals surface area (Å²) in [6.45, 7) is 0.780. The number of nitrogens with zero attached hydrogens (tertiary/aromatic N) is 2. The molecule has 0 aliphatic carbocycles. The molecule has 2 atom stereocenters. The van der Waals surface area contributed by atoms with Crippen molar-refractivity contribution in [3.8, 4) is 5.75 Å². The Morgan fingerprint density at radius 2 is 1.70 bits per heavy atom. The zero-order valence-electron chi connectivity index (χ0n) is 24.7. The summed E-state index contributed by atoms with van der Waals surface area (Å²) in [5, 5.41) is 13.1. The standard InChI is InChI=1S/C35H35Cl2N3O4/c1-40(2)28-14-9-25(10-15-28)23-38-34(42)35(22-24-7-4-3-5-8-24)32(30-18-13-27(36)21-31(30)37)44-33(39-35)26-11-16-29(17-12-26)43-20-6-19-41/h3-5,7-18,21,32,41H,6,19-20,22-23H2,1-2H3,(H,38,42)/t32-,35-/m1/s1. The van der Waals surface area contributed by atoms with Crippen molar-refractivity contribution in [2.24, 2.45) is 4.99 Å². The lowest BCUT2D eigenvalue weighted by Gasteiger charge is -2.31. The van der Waals surface area contributed by atoms with Crippen molar-refractivity contribution in [1.82, 2.24) is 5.32 Å². The van der Waals surface area contributed by atoms with Crippen LogP contribution in [0.25, 0.3) is 0 Å². The number of aliphatic hydroxyl groups is 1. The second kappa shape index (κ2) is 14.2. The zero-order chi connectivity index (χ0) is 31.1. The van der Waals surface area contributed by atoms with Crippen LogP contribution >= 0.6 is 23.2 Å². The summed E-state index contributed by atoms with van der Waals surface area (Å²) in [7, 11) is 3.97. The van der Waals surface area contributed by atoms with Crippen molar-refractivity contribution >= 4 is 40.7 Å². The molecule has 4 aromatic carbocycles. The Labute approximate surface area is 268 Å². The molecule has 0 radical (unpaired) electrons. The number of nitrogens with one attached hydrogen (secondary N) is 1. The summed E-state index contributed by atoms with van der Waals surface area (Å²) < 4.78 is 12.3. The van der Waals surface area contributed by atoms with Crippen LogP contribution in [0, 0.1) is 0 Å². The predicted molar refractivity (Wildman–Crippen MR) is 176 cm³/mol. The molecule has 1 amide bonds. The third-order valence-electron chi connectivity index (χ3n) is 7.50. The highest BCUT2D eigenvalue weighted by Crippen LogP contribution is 2.45. The van der Waals surface area contributed by atoms with E-state index < -0.39 is 11.6 Å². The van der Waals surface area contributed by atoms with Crippen molar-refractivity contribution < 1.29 is 19.4 Å². The Hall–Kier alpha value is -4.04. The van der Waals surface area contributed by atoms with Crippen LogP contribution in [0.5, 0.6) is 5.75 Å². The van der Waals surface area contributed by atoms with Gasteiger partial charge >= 0.3 is 0 Å². The van der Waals surface area contributed by atoms with Gasteiger partial charge in [0.15, 0.2) is 11.6 Å². The van der Waals surface area contributed by atoms with Crippen LogP contribution in [0.4, 0.5) is 5.69 Å². The molecule has 0 bridgehead atoms. The second-order valence-electron chi connectivity index (χ2n) is 10.9. The third kappa shape index (κ3) is 7.18. The molecule has 0 saturated heterocycles. The van der Waals surface area contributed by atoms with Gasteiger partial charge in [0.05, 0.1) is 6.61 Å². The van der Waals surface area contributed by atoms with Crippen molar-refractivity contribution in [3.63, 3.8) is 0 Å². The highest BCUT2D eigenvalue weighted by atomic mass is 35.5. The summed E-state index contributed by atoms with van der Waals surface area (Å²) in [6, 6.07) is 30.3. The van der Waals surface area contributed by atoms with Gasteiger partial charge in [0.2, 0.25) is 5.90 Å². The summed E-state index contributed by atoms with van der Waals surface area (Å²) in [6.07, 6.45) is -0.0220. The van der Waals surface area contributed by atoms with E-state index >= 15 is 0 Å². The molecule has 0 aromatic heterocycles. The van der Waals surface area contributed by atoms with Crippen LogP contribution in [-0.4, -0.2) is 49.8 Å². The lowest BCUT2D eigenvalue weighted by atomic mass is 9.82. The normalized spacial score (nSPS) is 17.5. The number of carbonyl (C=O) groups is 1. The van der Waals surface area contributed by atoms with Gasteiger partial charge in [-0.15, -0.1) is 0 Å². The lowest BCUT2D eigenvalue weighted by molar-refractivity contribution is -0.129. The van der Waals surface area contributed by atoms with E-state index in [1.165, 1.54) is 0 Å². The number of amides is 1. The fourth-order valence-electron chi connectivity index (χ4n) is 5.13. The Kier molecular flexibility index (Phi) is 10.1. The SMILES string of the molecule is CN(C)c1ccc(CNC(=O)[C@]2(Cc3ccccc3)N=C(c3ccc(OCCCO)cc3)O[C@@H]2c2ccc(Cl)cc2Cl)cc1. The van der Waals surface area contributed by atoms with Gasteiger partial charge in [-0.1, -0.05) is 71.7 Å². The molecule has 228 valence electrons. The Morgan fingerprint density at radius 3 is 2.36 bits per heavy atom. The molecule has 0 unspecified atom stereocenters. The van der Waals surface area contributed by atoms with E-state index in [2.05, 4.69) is 5.32 Å². The lowest BCUT2D eigenvalue weighted by Crippen LogP contribution is -2.49. The molecular weight excluding hydrogens is 597 g/mol. The summed E-state index contributed by atoms with van der Waals surface area (Å²) in [5.41, 5.74) is 2.88. The molecule has 5 rings (SSSR count). The molecule has 1 aliphatic heterocycles. The number of rotatable bonds is 12. The second-order valence-corrected chi connectivity index (χ2v) is 11.7. The highest BCUT2D eigenvalue weighted by molar-refractivity contribution is 6.35. The van der Waals surface area contributed by atoms with E-state index in [0.717, 1.165) is 16.8 Å². The monoisotopic (exact) mass is 631 g/mol. The first-order valence-electron chi connectivity index (χ1n) is 14.4. The first-order valence-corrected chi connectivity index (χ1v) is 15.2. The minimum Gasteiger partial charge on any atom is -0.494 e. The van der Waals surface area contributed by atoms with Crippen LogP contribution in [-0.2, 0) is 22.5 Å². The molecule has 44 heavy (non-hydrogen) atoms. The van der Waals surface area contributed by atoms with Gasteiger partial charge in [-0.3, -0.25) is 4.79 Å². The molecular formula is C35H35Cl2N3O4. The van der Waals surface area contributed by atoms with Crippen LogP contribution in [0.15, 0.2) is 102 Å². The van der Waals surface area contributed by atoms with Crippen LogP contribution in [0.2, 0.25) is 10.0 Å². The summed E-state index contributed by atoms with van der Waals surface area (Å²) in [5.74, 6) is 0.698. The van der Waals surface area contributed by atoms with E-state index in [-0.39, 0.29) is 18.9 Å². The number of aliphatic hydroxyl groups excluding tert-OH is 1.